The van der Waals surface area contributed by atoms with Crippen LogP contribution in [0.2, 0.25) is 0 Å². The molecule has 0 spiro atoms. The number of amides is 2. The Bertz CT molecular complexity index is 961. The van der Waals surface area contributed by atoms with Gasteiger partial charge in [0.1, 0.15) is 6.29 Å². The van der Waals surface area contributed by atoms with E-state index in [0.717, 1.165) is 23.8 Å². The lowest BCUT2D eigenvalue weighted by atomic mass is 10.0. The number of aldehydes is 1. The van der Waals surface area contributed by atoms with E-state index in [1.807, 2.05) is 31.2 Å². The molecule has 3 aromatic rings. The largest absolute Gasteiger partial charge is 0.459 e. The number of rotatable bonds is 8. The van der Waals surface area contributed by atoms with Gasteiger partial charge in [-0.1, -0.05) is 37.6 Å². The lowest BCUT2D eigenvalue weighted by Crippen LogP contribution is -2.35. The molecule has 2 amide bonds. The molecule has 2 N–H and O–H groups in total. The zero-order chi connectivity index (χ0) is 20.6. The maximum absolute atomic E-state index is 12.3. The molecule has 6 heteroatoms. The van der Waals surface area contributed by atoms with Gasteiger partial charge in [0.25, 0.3) is 11.8 Å². The van der Waals surface area contributed by atoms with Gasteiger partial charge in [-0.25, -0.2) is 0 Å². The molecule has 0 bridgehead atoms. The number of anilines is 1. The third kappa shape index (κ3) is 5.19. The average molecular weight is 390 g/mol. The summed E-state index contributed by atoms with van der Waals surface area (Å²) >= 11 is 0. The molecule has 1 heterocycles. The van der Waals surface area contributed by atoms with E-state index < -0.39 is 6.04 Å². The number of carbonyl (C=O) groups excluding carboxylic acids is 3. The molecular formula is C23H22N2O4. The van der Waals surface area contributed by atoms with Crippen LogP contribution in [0.3, 0.4) is 0 Å². The van der Waals surface area contributed by atoms with Gasteiger partial charge >= 0.3 is 0 Å². The highest BCUT2D eigenvalue weighted by Gasteiger charge is 2.12. The Balaban J connectivity index is 1.64. The molecule has 0 fully saturated rings. The summed E-state index contributed by atoms with van der Waals surface area (Å²) < 4.78 is 5.07. The van der Waals surface area contributed by atoms with Crippen molar-refractivity contribution in [1.29, 1.82) is 0 Å². The number of furan rings is 1. The Labute approximate surface area is 168 Å². The first-order valence-corrected chi connectivity index (χ1v) is 9.42. The molecule has 0 aliphatic heterocycles. The van der Waals surface area contributed by atoms with Gasteiger partial charge in [0.15, 0.2) is 5.76 Å². The molecule has 3 rings (SSSR count). The molecule has 1 atom stereocenters. The lowest BCUT2D eigenvalue weighted by Gasteiger charge is -2.12. The lowest BCUT2D eigenvalue weighted by molar-refractivity contribution is -0.109. The van der Waals surface area contributed by atoms with Gasteiger partial charge in [-0.15, -0.1) is 0 Å². The smallest absolute Gasteiger partial charge is 0.291 e. The van der Waals surface area contributed by atoms with E-state index in [2.05, 4.69) is 10.6 Å². The predicted octanol–water partition coefficient (Wildman–Crippen LogP) is 4.30. The van der Waals surface area contributed by atoms with Gasteiger partial charge < -0.3 is 19.8 Å². The summed E-state index contributed by atoms with van der Waals surface area (Å²) in [7, 11) is 0. The van der Waals surface area contributed by atoms with Crippen LogP contribution in [0, 0.1) is 0 Å². The number of hydrogen-bond acceptors (Lipinski definition) is 4. The highest BCUT2D eigenvalue weighted by atomic mass is 16.3. The third-order valence-corrected chi connectivity index (χ3v) is 4.45. The summed E-state index contributed by atoms with van der Waals surface area (Å²) in [6.45, 7) is 1.96. The van der Waals surface area contributed by atoms with Crippen molar-refractivity contribution in [2.75, 3.05) is 5.32 Å². The van der Waals surface area contributed by atoms with Crippen LogP contribution in [-0.2, 0) is 4.79 Å². The van der Waals surface area contributed by atoms with Crippen molar-refractivity contribution in [3.05, 3.63) is 78.3 Å². The van der Waals surface area contributed by atoms with Crippen LogP contribution < -0.4 is 10.6 Å². The highest BCUT2D eigenvalue weighted by Crippen LogP contribution is 2.22. The second-order valence-electron chi connectivity index (χ2n) is 6.59. The Hall–Kier alpha value is -3.67. The normalized spacial score (nSPS) is 11.5. The molecule has 6 nitrogen and oxygen atoms in total. The topological polar surface area (TPSA) is 88.4 Å². The fourth-order valence-corrected chi connectivity index (χ4v) is 2.90. The van der Waals surface area contributed by atoms with E-state index in [9.17, 15) is 14.4 Å². The van der Waals surface area contributed by atoms with E-state index in [1.165, 1.54) is 6.26 Å². The van der Waals surface area contributed by atoms with E-state index in [4.69, 9.17) is 4.42 Å². The average Bonchev–Trinajstić information content (AvgIpc) is 3.29. The molecule has 0 radical (unpaired) electrons. The highest BCUT2D eigenvalue weighted by molar-refractivity contribution is 6.02. The quantitative estimate of drug-likeness (QED) is 0.562. The second kappa shape index (κ2) is 9.50. The van der Waals surface area contributed by atoms with Crippen molar-refractivity contribution >= 4 is 23.8 Å². The molecule has 1 aromatic heterocycles. The maximum atomic E-state index is 12.3. The molecule has 148 valence electrons. The van der Waals surface area contributed by atoms with Crippen LogP contribution in [0.1, 0.15) is 40.7 Å². The Morgan fingerprint density at radius 3 is 2.17 bits per heavy atom. The molecule has 29 heavy (non-hydrogen) atoms. The monoisotopic (exact) mass is 390 g/mol. The van der Waals surface area contributed by atoms with Crippen molar-refractivity contribution in [1.82, 2.24) is 5.32 Å². The van der Waals surface area contributed by atoms with Crippen LogP contribution in [0.4, 0.5) is 5.69 Å². The number of hydrogen-bond donors (Lipinski definition) is 2. The summed E-state index contributed by atoms with van der Waals surface area (Å²) in [6, 6.07) is 17.3. The van der Waals surface area contributed by atoms with Crippen molar-refractivity contribution in [2.24, 2.45) is 0 Å². The van der Waals surface area contributed by atoms with Gasteiger partial charge in [-0.05, 0) is 53.9 Å². The van der Waals surface area contributed by atoms with Crippen molar-refractivity contribution in [2.45, 2.75) is 25.8 Å². The summed E-state index contributed by atoms with van der Waals surface area (Å²) in [5.41, 5.74) is 3.04. The third-order valence-electron chi connectivity index (χ3n) is 4.45. The van der Waals surface area contributed by atoms with Gasteiger partial charge in [-0.2, -0.15) is 0 Å². The Morgan fingerprint density at radius 2 is 1.62 bits per heavy atom. The van der Waals surface area contributed by atoms with Crippen LogP contribution >= 0.6 is 0 Å². The van der Waals surface area contributed by atoms with Crippen molar-refractivity contribution in [3.63, 3.8) is 0 Å². The number of nitrogens with one attached hydrogen (secondary N) is 2. The van der Waals surface area contributed by atoms with Crippen LogP contribution in [0.25, 0.3) is 11.1 Å². The first kappa shape index (κ1) is 20.1. The second-order valence-corrected chi connectivity index (χ2v) is 6.59. The number of benzene rings is 2. The minimum atomic E-state index is -0.462. The van der Waals surface area contributed by atoms with Gasteiger partial charge in [0.05, 0.1) is 12.3 Å². The van der Waals surface area contributed by atoms with Crippen molar-refractivity contribution in [3.8, 4) is 11.1 Å². The minimum absolute atomic E-state index is 0.249. The Morgan fingerprint density at radius 1 is 0.966 bits per heavy atom. The molecule has 2 aromatic carbocycles. The molecule has 0 saturated carbocycles. The molecule has 0 aliphatic rings. The van der Waals surface area contributed by atoms with Gasteiger partial charge in [0.2, 0.25) is 0 Å². The summed E-state index contributed by atoms with van der Waals surface area (Å²) in [5, 5.41) is 5.49. The van der Waals surface area contributed by atoms with Gasteiger partial charge in [-0.3, -0.25) is 9.59 Å². The number of carbonyl (C=O) groups is 3. The van der Waals surface area contributed by atoms with E-state index in [1.54, 1.807) is 36.4 Å². The first-order chi connectivity index (χ1) is 14.1. The zero-order valence-corrected chi connectivity index (χ0v) is 16.1. The van der Waals surface area contributed by atoms with Gasteiger partial charge in [0, 0.05) is 11.3 Å². The van der Waals surface area contributed by atoms with Crippen LogP contribution in [0.5, 0.6) is 0 Å². The zero-order valence-electron chi connectivity index (χ0n) is 16.1. The molecule has 0 aliphatic carbocycles. The SMILES string of the molecule is CCC[C@@H](C=O)NC(=O)c1ccc(-c2ccc(NC(=O)c3ccco3)cc2)cc1. The summed E-state index contributed by atoms with van der Waals surface area (Å²) in [6.07, 6.45) is 3.66. The fourth-order valence-electron chi connectivity index (χ4n) is 2.90. The van der Waals surface area contributed by atoms with E-state index in [-0.39, 0.29) is 17.6 Å². The summed E-state index contributed by atoms with van der Waals surface area (Å²) in [4.78, 5) is 35.3. The van der Waals surface area contributed by atoms with Crippen LogP contribution in [-0.4, -0.2) is 24.1 Å². The van der Waals surface area contributed by atoms with E-state index >= 15 is 0 Å². The van der Waals surface area contributed by atoms with E-state index in [0.29, 0.717) is 17.7 Å². The standard InChI is InChI=1S/C23H22N2O4/c1-2-4-20(15-26)25-22(27)18-8-6-16(7-9-18)17-10-12-19(13-11-17)24-23(28)21-5-3-14-29-21/h3,5-15,20H,2,4H2,1H3,(H,24,28)(H,25,27)/t20-/m0/s1. The molecule has 0 saturated heterocycles. The first-order valence-electron chi connectivity index (χ1n) is 9.42. The minimum Gasteiger partial charge on any atom is -0.459 e. The van der Waals surface area contributed by atoms with Crippen molar-refractivity contribution < 1.29 is 18.8 Å². The molecular weight excluding hydrogens is 368 g/mol. The fraction of sp³-hybridized carbons (Fsp3) is 0.174. The van der Waals surface area contributed by atoms with Crippen LogP contribution in [0.15, 0.2) is 71.3 Å². The molecule has 0 unspecified atom stereocenters. The maximum Gasteiger partial charge on any atom is 0.291 e. The Kier molecular flexibility index (Phi) is 6.58. The predicted molar refractivity (Wildman–Crippen MR) is 111 cm³/mol. The summed E-state index contributed by atoms with van der Waals surface area (Å²) in [5.74, 6) is -0.327.